The van der Waals surface area contributed by atoms with E-state index < -0.39 is 0 Å². The number of imidazole rings is 1. The predicted molar refractivity (Wildman–Crippen MR) is 98.9 cm³/mol. The van der Waals surface area contributed by atoms with Gasteiger partial charge in [0, 0.05) is 13.2 Å². The van der Waals surface area contributed by atoms with Crippen LogP contribution in [0.25, 0.3) is 16.9 Å². The van der Waals surface area contributed by atoms with Gasteiger partial charge in [-0.15, -0.1) is 0 Å². The first-order valence-corrected chi connectivity index (χ1v) is 9.08. The first-order valence-electron chi connectivity index (χ1n) is 9.08. The van der Waals surface area contributed by atoms with E-state index in [0.717, 1.165) is 19.3 Å². The highest BCUT2D eigenvalue weighted by atomic mass is 16.5. The smallest absolute Gasteiger partial charge is 0.337 e. The molecule has 136 valence electrons. The van der Waals surface area contributed by atoms with E-state index in [4.69, 9.17) is 4.74 Å². The summed E-state index contributed by atoms with van der Waals surface area (Å²) in [6, 6.07) is 9.32. The van der Waals surface area contributed by atoms with Crippen molar-refractivity contribution in [3.63, 3.8) is 0 Å². The van der Waals surface area contributed by atoms with Crippen molar-refractivity contribution in [2.45, 2.75) is 45.4 Å². The fourth-order valence-corrected chi connectivity index (χ4v) is 3.55. The van der Waals surface area contributed by atoms with Crippen LogP contribution in [0.1, 0.15) is 26.2 Å². The molecule has 1 saturated heterocycles. The van der Waals surface area contributed by atoms with Crippen molar-refractivity contribution in [3.8, 4) is 5.69 Å². The van der Waals surface area contributed by atoms with Crippen LogP contribution in [0.2, 0.25) is 0 Å². The monoisotopic (exact) mass is 354 g/mol. The Balaban J connectivity index is 1.99. The molecule has 7 heteroatoms. The Morgan fingerprint density at radius 1 is 1.23 bits per heavy atom. The molecule has 26 heavy (non-hydrogen) atoms. The maximum Gasteiger partial charge on any atom is 0.337 e. The number of benzene rings is 1. The predicted octanol–water partition coefficient (Wildman–Crippen LogP) is 1.94. The summed E-state index contributed by atoms with van der Waals surface area (Å²) in [5, 5.41) is 0. The Hall–Kier alpha value is -2.67. The Bertz CT molecular complexity index is 1030. The van der Waals surface area contributed by atoms with Gasteiger partial charge in [-0.25, -0.2) is 14.3 Å². The molecular formula is C19H22N4O3. The highest BCUT2D eigenvalue weighted by Crippen LogP contribution is 2.15. The Morgan fingerprint density at radius 2 is 2.04 bits per heavy atom. The molecule has 3 aromatic rings. The minimum atomic E-state index is -0.369. The SMILES string of the molecule is CCCn1cnc2c1c(=O)n(C[C@H]1CCCO1)c(=O)n2-c1ccccc1. The average Bonchev–Trinajstić information content (AvgIpc) is 3.30. The number of hydrogen-bond acceptors (Lipinski definition) is 4. The number of para-hydroxylation sites is 1. The van der Waals surface area contributed by atoms with E-state index in [-0.39, 0.29) is 23.9 Å². The summed E-state index contributed by atoms with van der Waals surface area (Å²) >= 11 is 0. The summed E-state index contributed by atoms with van der Waals surface area (Å²) in [6.07, 6.45) is 4.25. The second-order valence-electron chi connectivity index (χ2n) is 6.61. The third-order valence-electron chi connectivity index (χ3n) is 4.79. The van der Waals surface area contributed by atoms with Crippen LogP contribution in [-0.2, 0) is 17.8 Å². The van der Waals surface area contributed by atoms with Gasteiger partial charge in [0.15, 0.2) is 11.2 Å². The molecule has 4 rings (SSSR count). The van der Waals surface area contributed by atoms with E-state index in [0.29, 0.717) is 30.0 Å². The number of nitrogens with zero attached hydrogens (tertiary/aromatic N) is 4. The largest absolute Gasteiger partial charge is 0.376 e. The Morgan fingerprint density at radius 3 is 2.73 bits per heavy atom. The lowest BCUT2D eigenvalue weighted by Crippen LogP contribution is -2.42. The minimum Gasteiger partial charge on any atom is -0.376 e. The molecule has 0 amide bonds. The molecule has 0 radical (unpaired) electrons. The normalized spacial score (nSPS) is 17.2. The van der Waals surface area contributed by atoms with Gasteiger partial charge in [-0.05, 0) is 31.4 Å². The number of ether oxygens (including phenoxy) is 1. The lowest BCUT2D eigenvalue weighted by atomic mass is 10.2. The lowest BCUT2D eigenvalue weighted by Gasteiger charge is -2.15. The molecule has 1 aromatic carbocycles. The number of hydrogen-bond donors (Lipinski definition) is 0. The molecule has 1 aliphatic rings. The third kappa shape index (κ3) is 2.78. The van der Waals surface area contributed by atoms with E-state index in [1.165, 1.54) is 9.13 Å². The summed E-state index contributed by atoms with van der Waals surface area (Å²) in [6.45, 7) is 3.68. The topological polar surface area (TPSA) is 71.1 Å². The molecule has 1 fully saturated rings. The van der Waals surface area contributed by atoms with Crippen molar-refractivity contribution in [3.05, 3.63) is 57.5 Å². The molecule has 0 bridgehead atoms. The summed E-state index contributed by atoms with van der Waals surface area (Å²) in [4.78, 5) is 30.7. The van der Waals surface area contributed by atoms with Crippen molar-refractivity contribution in [1.29, 1.82) is 0 Å². The van der Waals surface area contributed by atoms with Gasteiger partial charge < -0.3 is 9.30 Å². The average molecular weight is 354 g/mol. The zero-order chi connectivity index (χ0) is 18.1. The van der Waals surface area contributed by atoms with Gasteiger partial charge in [0.05, 0.1) is 24.7 Å². The standard InChI is InChI=1S/C19H22N4O3/c1-2-10-21-13-20-17-16(21)18(24)22(12-15-9-6-11-26-15)19(25)23(17)14-7-4-3-5-8-14/h3-5,7-8,13,15H,2,6,9-12H2,1H3/t15-/m1/s1. The van der Waals surface area contributed by atoms with Gasteiger partial charge in [-0.3, -0.25) is 9.36 Å². The Labute approximate surface area is 150 Å². The quantitative estimate of drug-likeness (QED) is 0.702. The number of aromatic nitrogens is 4. The maximum atomic E-state index is 13.2. The van der Waals surface area contributed by atoms with Crippen molar-refractivity contribution in [1.82, 2.24) is 18.7 Å². The molecule has 1 atom stereocenters. The summed E-state index contributed by atoms with van der Waals surface area (Å²) < 4.78 is 10.3. The van der Waals surface area contributed by atoms with Gasteiger partial charge in [0.2, 0.25) is 0 Å². The minimum absolute atomic E-state index is 0.0929. The summed E-state index contributed by atoms with van der Waals surface area (Å²) in [5.41, 5.74) is 0.909. The van der Waals surface area contributed by atoms with Crippen LogP contribution >= 0.6 is 0 Å². The van der Waals surface area contributed by atoms with E-state index in [1.807, 2.05) is 41.8 Å². The molecule has 0 aliphatic carbocycles. The zero-order valence-corrected chi connectivity index (χ0v) is 14.8. The van der Waals surface area contributed by atoms with E-state index in [2.05, 4.69) is 4.98 Å². The first-order chi connectivity index (χ1) is 12.7. The number of rotatable bonds is 5. The van der Waals surface area contributed by atoms with Crippen molar-refractivity contribution >= 4 is 11.2 Å². The van der Waals surface area contributed by atoms with Crippen molar-refractivity contribution in [2.75, 3.05) is 6.61 Å². The van der Waals surface area contributed by atoms with Gasteiger partial charge >= 0.3 is 5.69 Å². The van der Waals surface area contributed by atoms with Gasteiger partial charge in [-0.1, -0.05) is 25.1 Å². The highest BCUT2D eigenvalue weighted by Gasteiger charge is 2.23. The van der Waals surface area contributed by atoms with E-state index in [1.54, 1.807) is 6.33 Å². The second-order valence-corrected chi connectivity index (χ2v) is 6.61. The molecule has 7 nitrogen and oxygen atoms in total. The van der Waals surface area contributed by atoms with E-state index in [9.17, 15) is 9.59 Å². The lowest BCUT2D eigenvalue weighted by molar-refractivity contribution is 0.0950. The van der Waals surface area contributed by atoms with Crippen LogP contribution in [0, 0.1) is 0 Å². The second kappa shape index (κ2) is 6.92. The molecular weight excluding hydrogens is 332 g/mol. The molecule has 0 saturated carbocycles. The third-order valence-corrected chi connectivity index (χ3v) is 4.79. The van der Waals surface area contributed by atoms with Crippen LogP contribution in [0.15, 0.2) is 46.2 Å². The molecule has 3 heterocycles. The van der Waals surface area contributed by atoms with Crippen LogP contribution in [0.5, 0.6) is 0 Å². The van der Waals surface area contributed by atoms with Gasteiger partial charge in [0.25, 0.3) is 5.56 Å². The first kappa shape index (κ1) is 16.8. The fraction of sp³-hybridized carbons (Fsp3) is 0.421. The molecule has 0 N–H and O–H groups in total. The maximum absolute atomic E-state index is 13.2. The van der Waals surface area contributed by atoms with Gasteiger partial charge in [-0.2, -0.15) is 0 Å². The molecule has 0 spiro atoms. The fourth-order valence-electron chi connectivity index (χ4n) is 3.55. The summed E-state index contributed by atoms with van der Waals surface area (Å²) in [7, 11) is 0. The van der Waals surface area contributed by atoms with Crippen LogP contribution in [0.3, 0.4) is 0 Å². The van der Waals surface area contributed by atoms with Crippen LogP contribution in [0.4, 0.5) is 0 Å². The van der Waals surface area contributed by atoms with Crippen molar-refractivity contribution in [2.24, 2.45) is 0 Å². The van der Waals surface area contributed by atoms with Crippen LogP contribution in [-0.4, -0.2) is 31.4 Å². The van der Waals surface area contributed by atoms with Gasteiger partial charge in [0.1, 0.15) is 0 Å². The van der Waals surface area contributed by atoms with Crippen LogP contribution < -0.4 is 11.2 Å². The number of aryl methyl sites for hydroxylation is 1. The van der Waals surface area contributed by atoms with E-state index >= 15 is 0 Å². The Kier molecular flexibility index (Phi) is 4.46. The van der Waals surface area contributed by atoms with Crippen molar-refractivity contribution < 1.29 is 4.74 Å². The molecule has 2 aromatic heterocycles. The summed E-state index contributed by atoms with van der Waals surface area (Å²) in [5.74, 6) is 0. The molecule has 1 aliphatic heterocycles. The highest BCUT2D eigenvalue weighted by molar-refractivity contribution is 5.72. The number of fused-ring (bicyclic) bond motifs is 1. The zero-order valence-electron chi connectivity index (χ0n) is 14.8. The molecule has 0 unspecified atom stereocenters.